The number of aliphatic hydroxyl groups is 1. The van der Waals surface area contributed by atoms with Gasteiger partial charge in [-0.05, 0) is 28.4 Å². The molecule has 0 saturated carbocycles. The van der Waals surface area contributed by atoms with Crippen molar-refractivity contribution in [1.29, 1.82) is 0 Å². The highest BCUT2D eigenvalue weighted by molar-refractivity contribution is 9.10. The van der Waals surface area contributed by atoms with E-state index in [9.17, 15) is 9.50 Å². The molecule has 0 radical (unpaired) electrons. The summed E-state index contributed by atoms with van der Waals surface area (Å²) in [5.74, 6) is 0.0970. The van der Waals surface area contributed by atoms with Crippen molar-refractivity contribution >= 4 is 15.9 Å². The van der Waals surface area contributed by atoms with Gasteiger partial charge in [0.1, 0.15) is 11.4 Å². The first kappa shape index (κ1) is 12.7. The van der Waals surface area contributed by atoms with Gasteiger partial charge in [0.2, 0.25) is 0 Å². The van der Waals surface area contributed by atoms with Crippen LogP contribution < -0.4 is 0 Å². The van der Waals surface area contributed by atoms with Crippen LogP contribution >= 0.6 is 15.9 Å². The van der Waals surface area contributed by atoms with Crippen LogP contribution in [0.25, 0.3) is 0 Å². The second kappa shape index (κ2) is 4.88. The molecule has 2 N–H and O–H groups in total. The first-order valence-corrected chi connectivity index (χ1v) is 6.17. The number of hydrogen-bond acceptors (Lipinski definition) is 4. The predicted molar refractivity (Wildman–Crippen MR) is 64.4 cm³/mol. The van der Waals surface area contributed by atoms with Crippen LogP contribution in [0.1, 0.15) is 12.1 Å². The molecular formula is C11H14BrFN2O2. The van der Waals surface area contributed by atoms with E-state index in [0.29, 0.717) is 29.7 Å². The molecule has 1 unspecified atom stereocenters. The molecule has 1 atom stereocenters. The number of rotatable bonds is 3. The number of hydrogen-bond donors (Lipinski definition) is 2. The Morgan fingerprint density at radius 1 is 1.59 bits per heavy atom. The van der Waals surface area contributed by atoms with E-state index in [1.54, 1.807) is 12.3 Å². The molecule has 0 aromatic carbocycles. The number of aliphatic hydroxyl groups excluding tert-OH is 1. The lowest BCUT2D eigenvalue weighted by Gasteiger charge is -2.18. The molecule has 0 bridgehead atoms. The number of pyridine rings is 1. The van der Waals surface area contributed by atoms with E-state index in [0.717, 1.165) is 0 Å². The van der Waals surface area contributed by atoms with Crippen LogP contribution in [0.3, 0.4) is 0 Å². The monoisotopic (exact) mass is 304 g/mol. The number of aromatic nitrogens is 1. The lowest BCUT2D eigenvalue weighted by molar-refractivity contribution is 0.0767. The predicted octanol–water partition coefficient (Wildman–Crippen LogP) is 1.46. The quantitative estimate of drug-likeness (QED) is 0.887. The van der Waals surface area contributed by atoms with Crippen molar-refractivity contribution in [3.05, 3.63) is 22.4 Å². The smallest absolute Gasteiger partial charge is 0.147 e. The third kappa shape index (κ3) is 2.94. The summed E-state index contributed by atoms with van der Waals surface area (Å²) in [5, 5.41) is 18.6. The maximum absolute atomic E-state index is 13.8. The van der Waals surface area contributed by atoms with E-state index < -0.39 is 12.3 Å². The van der Waals surface area contributed by atoms with Crippen molar-refractivity contribution in [2.24, 2.45) is 0 Å². The fourth-order valence-corrected chi connectivity index (χ4v) is 2.29. The highest BCUT2D eigenvalue weighted by Crippen LogP contribution is 2.28. The third-order valence-corrected chi connectivity index (χ3v) is 3.39. The van der Waals surface area contributed by atoms with Gasteiger partial charge in [-0.3, -0.25) is 9.88 Å². The van der Waals surface area contributed by atoms with E-state index in [1.807, 2.05) is 4.90 Å². The number of likely N-dealkylation sites (tertiary alicyclic amines) is 1. The van der Waals surface area contributed by atoms with Crippen LogP contribution in [0.2, 0.25) is 0 Å². The summed E-state index contributed by atoms with van der Waals surface area (Å²) in [6.07, 6.45) is 1.92. The van der Waals surface area contributed by atoms with Gasteiger partial charge in [-0.1, -0.05) is 0 Å². The van der Waals surface area contributed by atoms with Crippen molar-refractivity contribution in [3.8, 4) is 5.75 Å². The molecule has 17 heavy (non-hydrogen) atoms. The summed E-state index contributed by atoms with van der Waals surface area (Å²) >= 11 is 3.21. The Bertz CT molecular complexity index is 418. The van der Waals surface area contributed by atoms with Crippen LogP contribution in [0.4, 0.5) is 4.39 Å². The first-order valence-electron chi connectivity index (χ1n) is 5.38. The van der Waals surface area contributed by atoms with E-state index >= 15 is 0 Å². The molecule has 6 heteroatoms. The zero-order valence-corrected chi connectivity index (χ0v) is 10.8. The molecule has 1 fully saturated rings. The van der Waals surface area contributed by atoms with Gasteiger partial charge < -0.3 is 10.2 Å². The van der Waals surface area contributed by atoms with E-state index in [1.165, 1.54) is 0 Å². The third-order valence-electron chi connectivity index (χ3n) is 2.95. The van der Waals surface area contributed by atoms with Gasteiger partial charge in [-0.15, -0.1) is 0 Å². The highest BCUT2D eigenvalue weighted by atomic mass is 79.9. The van der Waals surface area contributed by atoms with Crippen molar-refractivity contribution in [2.45, 2.75) is 18.6 Å². The normalized spacial score (nSPS) is 25.4. The Labute approximate surface area is 107 Å². The molecule has 94 valence electrons. The van der Waals surface area contributed by atoms with Gasteiger partial charge in [0.05, 0.1) is 12.3 Å². The molecule has 2 rings (SSSR count). The molecule has 2 heterocycles. The van der Waals surface area contributed by atoms with E-state index in [2.05, 4.69) is 20.9 Å². The fraction of sp³-hybridized carbons (Fsp3) is 0.545. The van der Waals surface area contributed by atoms with Crippen LogP contribution in [-0.4, -0.2) is 45.5 Å². The van der Waals surface area contributed by atoms with E-state index in [4.69, 9.17) is 5.11 Å². The van der Waals surface area contributed by atoms with Crippen LogP contribution in [0, 0.1) is 0 Å². The number of alkyl halides is 1. The minimum absolute atomic E-state index is 0.0970. The molecule has 1 saturated heterocycles. The molecule has 1 aliphatic heterocycles. The Morgan fingerprint density at radius 3 is 2.94 bits per heavy atom. The second-order valence-corrected chi connectivity index (χ2v) is 5.30. The lowest BCUT2D eigenvalue weighted by atomic mass is 10.1. The van der Waals surface area contributed by atoms with Gasteiger partial charge in [0.25, 0.3) is 0 Å². The molecule has 4 nitrogen and oxygen atoms in total. The summed E-state index contributed by atoms with van der Waals surface area (Å²) < 4.78 is 14.5. The van der Waals surface area contributed by atoms with Gasteiger partial charge in [0, 0.05) is 30.3 Å². The van der Waals surface area contributed by atoms with E-state index in [-0.39, 0.29) is 12.3 Å². The average molecular weight is 305 g/mol. The highest BCUT2D eigenvalue weighted by Gasteiger charge is 2.37. The Morgan fingerprint density at radius 2 is 2.35 bits per heavy atom. The number of aromatic hydroxyl groups is 1. The van der Waals surface area contributed by atoms with Gasteiger partial charge in [-0.2, -0.15) is 0 Å². The molecule has 0 spiro atoms. The lowest BCUT2D eigenvalue weighted by Crippen LogP contribution is -2.32. The number of halogens is 2. The standard InChI is InChI=1S/C11H14BrFN2O2/c12-8-3-10(17)9(14-4-8)5-15-2-1-11(13,6-15)7-16/h3-4,16-17H,1-2,5-7H2. The van der Waals surface area contributed by atoms with Gasteiger partial charge >= 0.3 is 0 Å². The fourth-order valence-electron chi connectivity index (χ4n) is 1.97. The van der Waals surface area contributed by atoms with Crippen molar-refractivity contribution in [3.63, 3.8) is 0 Å². The summed E-state index contributed by atoms with van der Waals surface area (Å²) in [6.45, 7) is 0.683. The molecule has 1 aromatic heterocycles. The summed E-state index contributed by atoms with van der Waals surface area (Å²) in [4.78, 5) is 5.93. The van der Waals surface area contributed by atoms with Crippen molar-refractivity contribution in [2.75, 3.05) is 19.7 Å². The second-order valence-electron chi connectivity index (χ2n) is 4.39. The Balaban J connectivity index is 2.03. The Kier molecular flexibility index (Phi) is 3.65. The zero-order chi connectivity index (χ0) is 12.5. The Hall–Kier alpha value is -0.720. The maximum Gasteiger partial charge on any atom is 0.147 e. The molecule has 1 aromatic rings. The van der Waals surface area contributed by atoms with Gasteiger partial charge in [0.15, 0.2) is 0 Å². The summed E-state index contributed by atoms with van der Waals surface area (Å²) in [6, 6.07) is 1.56. The molecule has 0 aliphatic carbocycles. The topological polar surface area (TPSA) is 56.6 Å². The van der Waals surface area contributed by atoms with Gasteiger partial charge in [-0.25, -0.2) is 4.39 Å². The van der Waals surface area contributed by atoms with Crippen LogP contribution in [0.5, 0.6) is 5.75 Å². The van der Waals surface area contributed by atoms with Crippen molar-refractivity contribution in [1.82, 2.24) is 9.88 Å². The SMILES string of the molecule is OCC1(F)CCN(Cc2ncc(Br)cc2O)C1. The summed E-state index contributed by atoms with van der Waals surface area (Å²) in [5.41, 5.74) is -0.985. The number of nitrogens with zero attached hydrogens (tertiary/aromatic N) is 2. The maximum atomic E-state index is 13.8. The molecule has 1 aliphatic rings. The van der Waals surface area contributed by atoms with Crippen LogP contribution in [0.15, 0.2) is 16.7 Å². The molecule has 0 amide bonds. The van der Waals surface area contributed by atoms with Crippen LogP contribution in [-0.2, 0) is 6.54 Å². The minimum Gasteiger partial charge on any atom is -0.506 e. The van der Waals surface area contributed by atoms with Crippen molar-refractivity contribution < 1.29 is 14.6 Å². The minimum atomic E-state index is -1.51. The molecular weight excluding hydrogens is 291 g/mol. The summed E-state index contributed by atoms with van der Waals surface area (Å²) in [7, 11) is 0. The average Bonchev–Trinajstić information content (AvgIpc) is 2.66. The first-order chi connectivity index (χ1) is 8.02. The largest absolute Gasteiger partial charge is 0.506 e. The zero-order valence-electron chi connectivity index (χ0n) is 9.24.